The fourth-order valence-electron chi connectivity index (χ4n) is 4.51. The molecule has 0 aromatic heterocycles. The minimum absolute atomic E-state index is 0.185. The molecule has 5 heteroatoms. The number of carbonyl (C=O) groups excluding carboxylic acids is 1. The number of hydrogen-bond donors (Lipinski definition) is 3. The number of hydrogen-bond acceptors (Lipinski definition) is 3. The molecule has 1 fully saturated rings. The van der Waals surface area contributed by atoms with Gasteiger partial charge in [0.15, 0.2) is 0 Å². The van der Waals surface area contributed by atoms with Crippen LogP contribution >= 0.6 is 0 Å². The first kappa shape index (κ1) is 18.2. The second-order valence-corrected chi connectivity index (χ2v) is 7.95. The van der Waals surface area contributed by atoms with Gasteiger partial charge in [0.1, 0.15) is 0 Å². The monoisotopic (exact) mass is 387 g/mol. The topological polar surface area (TPSA) is 64.6 Å². The normalized spacial score (nSPS) is 19.9. The Kier molecular flexibility index (Phi) is 4.70. The second kappa shape index (κ2) is 7.50. The van der Waals surface area contributed by atoms with E-state index in [0.29, 0.717) is 13.1 Å². The Hall–Kier alpha value is -2.89. The van der Waals surface area contributed by atoms with Crippen LogP contribution in [-0.4, -0.2) is 48.3 Å². The van der Waals surface area contributed by atoms with Crippen molar-refractivity contribution >= 4 is 35.0 Å². The highest BCUT2D eigenvalue weighted by Gasteiger charge is 2.19. The number of aliphatic hydroxyl groups excluding tert-OH is 1. The fraction of sp³-hybridized carbons (Fsp3) is 0.292. The smallest absolute Gasteiger partial charge is 0.319 e. The van der Waals surface area contributed by atoms with E-state index >= 15 is 0 Å². The molecule has 1 heterocycles. The molecule has 2 aliphatic carbocycles. The zero-order valence-corrected chi connectivity index (χ0v) is 16.3. The fourth-order valence-corrected chi connectivity index (χ4v) is 4.51. The molecule has 0 radical (unpaired) electrons. The van der Waals surface area contributed by atoms with Gasteiger partial charge >= 0.3 is 6.03 Å². The SMILES string of the molecule is O=C(NCCN1CC[C@H](O)C1)NC1=CCc2c(ccc3c4c(ccc23)=CC=C4)=C1. The Morgan fingerprint density at radius 2 is 2.03 bits per heavy atom. The van der Waals surface area contributed by atoms with Crippen molar-refractivity contribution in [2.75, 3.05) is 26.2 Å². The number of nitrogens with one attached hydrogen (secondary N) is 2. The van der Waals surface area contributed by atoms with E-state index in [9.17, 15) is 9.90 Å². The Morgan fingerprint density at radius 3 is 2.90 bits per heavy atom. The van der Waals surface area contributed by atoms with E-state index < -0.39 is 0 Å². The molecule has 0 saturated carbocycles. The summed E-state index contributed by atoms with van der Waals surface area (Å²) in [5.74, 6) is 0. The van der Waals surface area contributed by atoms with Gasteiger partial charge in [0, 0.05) is 31.9 Å². The van der Waals surface area contributed by atoms with Gasteiger partial charge in [-0.15, -0.1) is 0 Å². The van der Waals surface area contributed by atoms with Gasteiger partial charge in [0.05, 0.1) is 6.10 Å². The molecule has 3 N–H and O–H groups in total. The summed E-state index contributed by atoms with van der Waals surface area (Å²) in [6, 6.07) is 8.53. The number of urea groups is 1. The number of carbonyl (C=O) groups is 1. The molecule has 0 spiro atoms. The number of benzene rings is 2. The summed E-state index contributed by atoms with van der Waals surface area (Å²) in [6.07, 6.45) is 11.9. The number of fused-ring (bicyclic) bond motifs is 5. The van der Waals surface area contributed by atoms with Gasteiger partial charge in [-0.2, -0.15) is 0 Å². The lowest BCUT2D eigenvalue weighted by molar-refractivity contribution is 0.176. The lowest BCUT2D eigenvalue weighted by Crippen LogP contribution is -2.40. The van der Waals surface area contributed by atoms with Crippen LogP contribution in [0.25, 0.3) is 29.0 Å². The van der Waals surface area contributed by atoms with E-state index in [-0.39, 0.29) is 12.1 Å². The highest BCUT2D eigenvalue weighted by atomic mass is 16.3. The van der Waals surface area contributed by atoms with Gasteiger partial charge in [-0.05, 0) is 51.3 Å². The molecule has 148 valence electrons. The first-order chi connectivity index (χ1) is 14.2. The highest BCUT2D eigenvalue weighted by molar-refractivity contribution is 5.96. The predicted octanol–water partition coefficient (Wildman–Crippen LogP) is 1.23. The van der Waals surface area contributed by atoms with E-state index in [1.54, 1.807) is 0 Å². The lowest BCUT2D eigenvalue weighted by atomic mass is 9.93. The second-order valence-electron chi connectivity index (χ2n) is 7.95. The molecule has 29 heavy (non-hydrogen) atoms. The van der Waals surface area contributed by atoms with Crippen LogP contribution < -0.4 is 21.1 Å². The largest absolute Gasteiger partial charge is 0.392 e. The molecular formula is C24H25N3O2. The standard InChI is InChI=1S/C24H25N3O2/c28-19-10-12-27(15-19)13-11-25-24(29)26-18-6-9-21-17(14-18)5-8-22-20-3-1-2-16(20)4-7-23(21)22/h1-8,14,19,28H,9-13,15H2,(H2,25,26,29)/t19-/m0/s1. The molecule has 1 saturated heterocycles. The number of β-amino-alcohol motifs (C(OH)–C–C–N with tert-alkyl or cyclic N) is 1. The lowest BCUT2D eigenvalue weighted by Gasteiger charge is -2.17. The summed E-state index contributed by atoms with van der Waals surface area (Å²) in [4.78, 5) is 14.4. The molecular weight excluding hydrogens is 362 g/mol. The van der Waals surface area contributed by atoms with Crippen LogP contribution in [0, 0.1) is 0 Å². The molecule has 2 aromatic rings. The van der Waals surface area contributed by atoms with E-state index in [0.717, 1.165) is 36.8 Å². The van der Waals surface area contributed by atoms with Crippen molar-refractivity contribution < 1.29 is 9.90 Å². The van der Waals surface area contributed by atoms with Crippen LogP contribution in [-0.2, 0) is 6.42 Å². The van der Waals surface area contributed by atoms with Crippen LogP contribution in [0.4, 0.5) is 4.79 Å². The van der Waals surface area contributed by atoms with Crippen molar-refractivity contribution in [1.29, 1.82) is 0 Å². The van der Waals surface area contributed by atoms with Crippen LogP contribution in [0.1, 0.15) is 17.5 Å². The van der Waals surface area contributed by atoms with Crippen LogP contribution in [0.2, 0.25) is 0 Å². The van der Waals surface area contributed by atoms with Crippen LogP contribution in [0.5, 0.6) is 0 Å². The third kappa shape index (κ3) is 3.59. The average molecular weight is 387 g/mol. The zero-order valence-electron chi connectivity index (χ0n) is 16.3. The summed E-state index contributed by atoms with van der Waals surface area (Å²) in [5.41, 5.74) is 3.44. The Bertz CT molecular complexity index is 1160. The summed E-state index contributed by atoms with van der Waals surface area (Å²) < 4.78 is 0. The van der Waals surface area contributed by atoms with E-state index in [2.05, 4.69) is 64.1 Å². The number of rotatable bonds is 4. The van der Waals surface area contributed by atoms with E-state index in [1.807, 2.05) is 6.08 Å². The molecule has 1 aliphatic heterocycles. The molecule has 0 unspecified atom stereocenters. The number of aliphatic hydroxyl groups is 1. The minimum atomic E-state index is -0.225. The van der Waals surface area contributed by atoms with E-state index in [1.165, 1.54) is 27.1 Å². The maximum atomic E-state index is 12.2. The molecule has 0 bridgehead atoms. The number of likely N-dealkylation sites (tertiary alicyclic amines) is 1. The predicted molar refractivity (Wildman–Crippen MR) is 117 cm³/mol. The van der Waals surface area contributed by atoms with Crippen molar-refractivity contribution in [2.45, 2.75) is 18.9 Å². The molecule has 3 aliphatic rings. The van der Waals surface area contributed by atoms with Gasteiger partial charge in [-0.25, -0.2) is 4.79 Å². The summed E-state index contributed by atoms with van der Waals surface area (Å²) in [6.45, 7) is 2.93. The molecule has 5 rings (SSSR count). The summed E-state index contributed by atoms with van der Waals surface area (Å²) in [7, 11) is 0. The molecule has 2 amide bonds. The average Bonchev–Trinajstić information content (AvgIpc) is 3.36. The minimum Gasteiger partial charge on any atom is -0.392 e. The number of allylic oxidation sites excluding steroid dienone is 3. The first-order valence-electron chi connectivity index (χ1n) is 10.3. The Morgan fingerprint density at radius 1 is 1.17 bits per heavy atom. The third-order valence-corrected chi connectivity index (χ3v) is 6.02. The molecule has 5 nitrogen and oxygen atoms in total. The quantitative estimate of drug-likeness (QED) is 0.740. The van der Waals surface area contributed by atoms with Crippen molar-refractivity contribution in [3.05, 3.63) is 63.7 Å². The van der Waals surface area contributed by atoms with Gasteiger partial charge in [-0.3, -0.25) is 4.90 Å². The molecule has 1 atom stereocenters. The van der Waals surface area contributed by atoms with Gasteiger partial charge in [-0.1, -0.05) is 48.6 Å². The van der Waals surface area contributed by atoms with Crippen LogP contribution in [0.15, 0.2) is 42.1 Å². The van der Waals surface area contributed by atoms with Gasteiger partial charge < -0.3 is 15.7 Å². The zero-order chi connectivity index (χ0) is 19.8. The van der Waals surface area contributed by atoms with Gasteiger partial charge in [0.25, 0.3) is 0 Å². The van der Waals surface area contributed by atoms with Crippen molar-refractivity contribution in [1.82, 2.24) is 15.5 Å². The third-order valence-electron chi connectivity index (χ3n) is 6.02. The molecule has 2 aromatic carbocycles. The highest BCUT2D eigenvalue weighted by Crippen LogP contribution is 2.23. The maximum absolute atomic E-state index is 12.2. The maximum Gasteiger partial charge on any atom is 0.319 e. The van der Waals surface area contributed by atoms with Gasteiger partial charge in [0.2, 0.25) is 0 Å². The first-order valence-corrected chi connectivity index (χ1v) is 10.3. The Balaban J connectivity index is 1.26. The van der Waals surface area contributed by atoms with E-state index in [4.69, 9.17) is 0 Å². The summed E-state index contributed by atoms with van der Waals surface area (Å²) in [5, 5.41) is 20.4. The van der Waals surface area contributed by atoms with Crippen molar-refractivity contribution in [2.24, 2.45) is 0 Å². The Labute approximate surface area is 169 Å². The number of amides is 2. The van der Waals surface area contributed by atoms with Crippen molar-refractivity contribution in [3.8, 4) is 0 Å². The van der Waals surface area contributed by atoms with Crippen LogP contribution in [0.3, 0.4) is 0 Å². The van der Waals surface area contributed by atoms with Crippen molar-refractivity contribution in [3.63, 3.8) is 0 Å². The summed E-state index contributed by atoms with van der Waals surface area (Å²) >= 11 is 0. The number of nitrogens with zero attached hydrogens (tertiary/aromatic N) is 1.